The van der Waals surface area contributed by atoms with Crippen molar-refractivity contribution >= 4 is 5.97 Å². The number of nitrogens with zero attached hydrogens (tertiary/aromatic N) is 1. The maximum Gasteiger partial charge on any atom is 0.320 e. The molecule has 1 atom stereocenters. The van der Waals surface area contributed by atoms with Gasteiger partial charge in [-0.2, -0.15) is 0 Å². The Labute approximate surface area is 91.9 Å². The minimum Gasteiger partial charge on any atom is -0.480 e. The maximum absolute atomic E-state index is 11.1. The van der Waals surface area contributed by atoms with E-state index in [1.54, 1.807) is 0 Å². The standard InChI is InChI=1S/C11H23NO3/c1-4-9(5-2)12(7-8-13)10(6-3)11(14)15/h9-10,13H,4-8H2,1-3H3,(H,14,15). The van der Waals surface area contributed by atoms with Gasteiger partial charge in [0.2, 0.25) is 0 Å². The van der Waals surface area contributed by atoms with Crippen LogP contribution in [0.15, 0.2) is 0 Å². The highest BCUT2D eigenvalue weighted by atomic mass is 16.4. The van der Waals surface area contributed by atoms with Gasteiger partial charge in [-0.3, -0.25) is 9.69 Å². The lowest BCUT2D eigenvalue weighted by atomic mass is 10.1. The molecule has 2 N–H and O–H groups in total. The Kier molecular flexibility index (Phi) is 7.34. The summed E-state index contributed by atoms with van der Waals surface area (Å²) in [5, 5.41) is 18.1. The first kappa shape index (κ1) is 14.4. The molecule has 0 amide bonds. The van der Waals surface area contributed by atoms with Crippen LogP contribution >= 0.6 is 0 Å². The number of rotatable bonds is 8. The lowest BCUT2D eigenvalue weighted by molar-refractivity contribution is -0.144. The van der Waals surface area contributed by atoms with Gasteiger partial charge in [-0.15, -0.1) is 0 Å². The van der Waals surface area contributed by atoms with E-state index in [0.29, 0.717) is 13.0 Å². The third kappa shape index (κ3) is 4.18. The highest BCUT2D eigenvalue weighted by Crippen LogP contribution is 2.14. The highest BCUT2D eigenvalue weighted by molar-refractivity contribution is 5.73. The Bertz CT molecular complexity index is 181. The first-order valence-corrected chi connectivity index (χ1v) is 5.71. The average Bonchev–Trinajstić information content (AvgIpc) is 2.20. The largest absolute Gasteiger partial charge is 0.480 e. The second-order valence-corrected chi connectivity index (χ2v) is 3.69. The summed E-state index contributed by atoms with van der Waals surface area (Å²) in [6.07, 6.45) is 2.41. The number of aliphatic hydroxyl groups is 1. The molecule has 0 aromatic heterocycles. The van der Waals surface area contributed by atoms with Crippen LogP contribution in [-0.2, 0) is 4.79 Å². The lowest BCUT2D eigenvalue weighted by Crippen LogP contribution is -2.48. The Morgan fingerprint density at radius 2 is 1.73 bits per heavy atom. The maximum atomic E-state index is 11.1. The van der Waals surface area contributed by atoms with Crippen LogP contribution in [0.3, 0.4) is 0 Å². The molecule has 0 radical (unpaired) electrons. The molecule has 0 saturated heterocycles. The van der Waals surface area contributed by atoms with Crippen LogP contribution in [0.5, 0.6) is 0 Å². The number of hydrogen-bond donors (Lipinski definition) is 2. The third-order valence-electron chi connectivity index (χ3n) is 2.84. The van der Waals surface area contributed by atoms with Gasteiger partial charge in [0.25, 0.3) is 0 Å². The van der Waals surface area contributed by atoms with Crippen LogP contribution in [-0.4, -0.2) is 46.3 Å². The predicted molar refractivity (Wildman–Crippen MR) is 59.9 cm³/mol. The molecule has 0 heterocycles. The number of carbonyl (C=O) groups is 1. The van der Waals surface area contributed by atoms with Crippen molar-refractivity contribution in [2.45, 2.75) is 52.1 Å². The molecule has 0 saturated carbocycles. The van der Waals surface area contributed by atoms with Crippen LogP contribution in [0.4, 0.5) is 0 Å². The van der Waals surface area contributed by atoms with Gasteiger partial charge in [0, 0.05) is 12.6 Å². The summed E-state index contributed by atoms with van der Waals surface area (Å²) in [4.78, 5) is 13.0. The molecule has 1 unspecified atom stereocenters. The molecule has 0 bridgehead atoms. The van der Waals surface area contributed by atoms with E-state index in [0.717, 1.165) is 12.8 Å². The minimum absolute atomic E-state index is 0.0142. The second-order valence-electron chi connectivity index (χ2n) is 3.69. The fourth-order valence-corrected chi connectivity index (χ4v) is 2.02. The van der Waals surface area contributed by atoms with Gasteiger partial charge in [-0.05, 0) is 19.3 Å². The molecule has 15 heavy (non-hydrogen) atoms. The monoisotopic (exact) mass is 217 g/mol. The smallest absolute Gasteiger partial charge is 0.320 e. The van der Waals surface area contributed by atoms with Crippen LogP contribution in [0, 0.1) is 0 Å². The van der Waals surface area contributed by atoms with Crippen LogP contribution < -0.4 is 0 Å². The molecule has 4 heteroatoms. The van der Waals surface area contributed by atoms with Gasteiger partial charge in [0.1, 0.15) is 6.04 Å². The molecule has 4 nitrogen and oxygen atoms in total. The first-order valence-electron chi connectivity index (χ1n) is 5.71. The first-order chi connectivity index (χ1) is 7.12. The van der Waals surface area contributed by atoms with Crippen molar-refractivity contribution in [3.05, 3.63) is 0 Å². The summed E-state index contributed by atoms with van der Waals surface area (Å²) in [5.74, 6) is -0.794. The van der Waals surface area contributed by atoms with Crippen molar-refractivity contribution in [1.82, 2.24) is 4.90 Å². The van der Waals surface area contributed by atoms with Gasteiger partial charge >= 0.3 is 5.97 Å². The van der Waals surface area contributed by atoms with Crippen LogP contribution in [0.2, 0.25) is 0 Å². The van der Waals surface area contributed by atoms with Crippen molar-refractivity contribution in [3.63, 3.8) is 0 Å². The van der Waals surface area contributed by atoms with E-state index in [1.165, 1.54) is 0 Å². The normalized spacial score (nSPS) is 13.5. The third-order valence-corrected chi connectivity index (χ3v) is 2.84. The zero-order valence-electron chi connectivity index (χ0n) is 9.94. The Morgan fingerprint density at radius 1 is 1.20 bits per heavy atom. The fraction of sp³-hybridized carbons (Fsp3) is 0.909. The van der Waals surface area contributed by atoms with Crippen molar-refractivity contribution in [2.24, 2.45) is 0 Å². The van der Waals surface area contributed by atoms with E-state index >= 15 is 0 Å². The van der Waals surface area contributed by atoms with Gasteiger partial charge in [0.05, 0.1) is 6.61 Å². The Balaban J connectivity index is 4.65. The molecule has 0 aromatic carbocycles. The van der Waals surface area contributed by atoms with Gasteiger partial charge < -0.3 is 10.2 Å². The van der Waals surface area contributed by atoms with E-state index < -0.39 is 12.0 Å². The number of carboxylic acids is 1. The summed E-state index contributed by atoms with van der Waals surface area (Å²) in [6.45, 7) is 6.42. The van der Waals surface area contributed by atoms with E-state index in [9.17, 15) is 4.79 Å². The summed E-state index contributed by atoms with van der Waals surface area (Å²) in [7, 11) is 0. The zero-order valence-corrected chi connectivity index (χ0v) is 9.94. The Morgan fingerprint density at radius 3 is 2.00 bits per heavy atom. The zero-order chi connectivity index (χ0) is 11.8. The number of aliphatic hydroxyl groups excluding tert-OH is 1. The molecule has 0 aliphatic carbocycles. The molecule has 0 aliphatic rings. The summed E-state index contributed by atoms with van der Waals surface area (Å²) in [5.41, 5.74) is 0. The summed E-state index contributed by atoms with van der Waals surface area (Å²) < 4.78 is 0. The number of aliphatic carboxylic acids is 1. The lowest BCUT2D eigenvalue weighted by Gasteiger charge is -2.34. The second kappa shape index (κ2) is 7.65. The van der Waals surface area contributed by atoms with E-state index in [-0.39, 0.29) is 12.6 Å². The van der Waals surface area contributed by atoms with Crippen LogP contribution in [0.25, 0.3) is 0 Å². The van der Waals surface area contributed by atoms with Crippen LogP contribution in [0.1, 0.15) is 40.0 Å². The highest BCUT2D eigenvalue weighted by Gasteiger charge is 2.27. The molecule has 0 spiro atoms. The SMILES string of the molecule is CCC(CC)N(CCO)C(CC)C(=O)O. The van der Waals surface area contributed by atoms with E-state index in [4.69, 9.17) is 10.2 Å². The molecule has 0 aliphatic heterocycles. The molecule has 0 fully saturated rings. The van der Waals surface area contributed by atoms with E-state index in [2.05, 4.69) is 0 Å². The predicted octanol–water partition coefficient (Wildman–Crippen LogP) is 1.33. The topological polar surface area (TPSA) is 60.8 Å². The van der Waals surface area contributed by atoms with Gasteiger partial charge in [0.15, 0.2) is 0 Å². The summed E-state index contributed by atoms with van der Waals surface area (Å²) >= 11 is 0. The molecule has 0 rings (SSSR count). The average molecular weight is 217 g/mol. The quantitative estimate of drug-likeness (QED) is 0.644. The molecule has 90 valence electrons. The summed E-state index contributed by atoms with van der Waals surface area (Å²) in [6, 6.07) is -0.222. The van der Waals surface area contributed by atoms with Crippen molar-refractivity contribution < 1.29 is 15.0 Å². The molecular weight excluding hydrogens is 194 g/mol. The molecular formula is C11H23NO3. The van der Waals surface area contributed by atoms with E-state index in [1.807, 2.05) is 25.7 Å². The number of hydrogen-bond acceptors (Lipinski definition) is 3. The Hall–Kier alpha value is -0.610. The van der Waals surface area contributed by atoms with Gasteiger partial charge in [-0.1, -0.05) is 20.8 Å². The van der Waals surface area contributed by atoms with Crippen molar-refractivity contribution in [2.75, 3.05) is 13.2 Å². The van der Waals surface area contributed by atoms with Crippen molar-refractivity contribution in [3.8, 4) is 0 Å². The van der Waals surface area contributed by atoms with Crippen molar-refractivity contribution in [1.29, 1.82) is 0 Å². The fourth-order valence-electron chi connectivity index (χ4n) is 2.02. The number of carboxylic acid groups (broad SMARTS) is 1. The molecule has 0 aromatic rings. The minimum atomic E-state index is -0.794. The van der Waals surface area contributed by atoms with Gasteiger partial charge in [-0.25, -0.2) is 0 Å².